The zero-order chi connectivity index (χ0) is 18.0. The first-order valence-corrected chi connectivity index (χ1v) is 8.10. The van der Waals surface area contributed by atoms with E-state index < -0.39 is 0 Å². The average molecular weight is 329 g/mol. The zero-order valence-electron chi connectivity index (χ0n) is 14.5. The van der Waals surface area contributed by atoms with Crippen LogP contribution in [0.1, 0.15) is 37.7 Å². The molecule has 4 heteroatoms. The topological polar surface area (TPSA) is 69.5 Å². The summed E-state index contributed by atoms with van der Waals surface area (Å²) >= 11 is 0. The molecule has 124 valence electrons. The smallest absolute Gasteiger partial charge is 0.259 e. The van der Waals surface area contributed by atoms with Crippen LogP contribution in [-0.4, -0.2) is 9.97 Å². The van der Waals surface area contributed by atoms with E-state index in [0.717, 1.165) is 5.56 Å². The van der Waals surface area contributed by atoms with Gasteiger partial charge in [0.2, 0.25) is 0 Å². The molecule has 1 heterocycles. The molecule has 2 aromatic carbocycles. The van der Waals surface area contributed by atoms with Crippen molar-refractivity contribution in [3.63, 3.8) is 0 Å². The molecule has 0 spiro atoms. The molecule has 0 fully saturated rings. The summed E-state index contributed by atoms with van der Waals surface area (Å²) in [5, 5.41) is 10.0. The largest absolute Gasteiger partial charge is 0.305 e. The van der Waals surface area contributed by atoms with Gasteiger partial charge in [0.25, 0.3) is 5.56 Å². The summed E-state index contributed by atoms with van der Waals surface area (Å²) in [5.41, 5.74) is 2.84. The Morgan fingerprint density at radius 3 is 2.44 bits per heavy atom. The fraction of sp³-hybridized carbons (Fsp3) is 0.190. The van der Waals surface area contributed by atoms with Gasteiger partial charge < -0.3 is 4.98 Å². The van der Waals surface area contributed by atoms with E-state index in [1.807, 2.05) is 18.2 Å². The molecular formula is C21H19N3O. The van der Waals surface area contributed by atoms with Gasteiger partial charge in [0, 0.05) is 0 Å². The standard InChI is InChI=1S/C21H19N3O/c1-21(2,3)16-10-8-14(9-11-16)12-15(13-22)19-23-18-7-5-4-6-17(18)20(25)24-19/h4-12H,1-3H3,(H,23,24,25). The highest BCUT2D eigenvalue weighted by Crippen LogP contribution is 2.23. The van der Waals surface area contributed by atoms with Crippen LogP contribution < -0.4 is 5.56 Å². The van der Waals surface area contributed by atoms with E-state index in [1.165, 1.54) is 5.56 Å². The van der Waals surface area contributed by atoms with E-state index in [4.69, 9.17) is 0 Å². The number of nitriles is 1. The number of benzene rings is 2. The van der Waals surface area contributed by atoms with Crippen molar-refractivity contribution in [2.45, 2.75) is 26.2 Å². The quantitative estimate of drug-likeness (QED) is 0.713. The molecule has 0 radical (unpaired) electrons. The number of H-pyrrole nitrogens is 1. The number of hydrogen-bond donors (Lipinski definition) is 1. The summed E-state index contributed by atoms with van der Waals surface area (Å²) in [7, 11) is 0. The molecule has 3 rings (SSSR count). The maximum absolute atomic E-state index is 12.2. The number of allylic oxidation sites excluding steroid dienone is 1. The maximum Gasteiger partial charge on any atom is 0.259 e. The van der Waals surface area contributed by atoms with Gasteiger partial charge in [-0.25, -0.2) is 4.98 Å². The lowest BCUT2D eigenvalue weighted by molar-refractivity contribution is 0.590. The Morgan fingerprint density at radius 2 is 1.80 bits per heavy atom. The van der Waals surface area contributed by atoms with Crippen LogP contribution in [0.2, 0.25) is 0 Å². The van der Waals surface area contributed by atoms with Gasteiger partial charge in [-0.1, -0.05) is 57.2 Å². The third-order valence-electron chi connectivity index (χ3n) is 4.08. The fourth-order valence-electron chi connectivity index (χ4n) is 2.61. The molecule has 0 bridgehead atoms. The van der Waals surface area contributed by atoms with Crippen LogP contribution in [-0.2, 0) is 5.41 Å². The maximum atomic E-state index is 12.2. The second kappa shape index (κ2) is 6.37. The minimum absolute atomic E-state index is 0.0748. The summed E-state index contributed by atoms with van der Waals surface area (Å²) in [5.74, 6) is 0.283. The first kappa shape index (κ1) is 16.7. The molecule has 0 aliphatic rings. The molecule has 0 saturated heterocycles. The summed E-state index contributed by atoms with van der Waals surface area (Å²) in [6.45, 7) is 6.47. The van der Waals surface area contributed by atoms with E-state index >= 15 is 0 Å². The molecule has 0 atom stereocenters. The van der Waals surface area contributed by atoms with Gasteiger partial charge >= 0.3 is 0 Å². The third-order valence-corrected chi connectivity index (χ3v) is 4.08. The number of nitrogens with zero attached hydrogens (tertiary/aromatic N) is 2. The van der Waals surface area contributed by atoms with Gasteiger partial charge in [-0.2, -0.15) is 5.26 Å². The van der Waals surface area contributed by atoms with Crippen molar-refractivity contribution < 1.29 is 0 Å². The molecule has 0 saturated carbocycles. The van der Waals surface area contributed by atoms with Crippen LogP contribution in [0.3, 0.4) is 0 Å². The van der Waals surface area contributed by atoms with Crippen LogP contribution in [0.4, 0.5) is 0 Å². The Bertz CT molecular complexity index is 1050. The Morgan fingerprint density at radius 1 is 1.12 bits per heavy atom. The van der Waals surface area contributed by atoms with Crippen LogP contribution in [0.15, 0.2) is 53.3 Å². The van der Waals surface area contributed by atoms with Crippen molar-refractivity contribution in [1.82, 2.24) is 9.97 Å². The Hall–Kier alpha value is -3.19. The van der Waals surface area contributed by atoms with Crippen LogP contribution >= 0.6 is 0 Å². The molecule has 0 amide bonds. The van der Waals surface area contributed by atoms with E-state index in [1.54, 1.807) is 24.3 Å². The molecule has 1 aromatic heterocycles. The number of aromatic nitrogens is 2. The number of nitrogens with one attached hydrogen (secondary N) is 1. The Labute approximate surface area is 146 Å². The van der Waals surface area contributed by atoms with Gasteiger partial charge in [-0.05, 0) is 34.8 Å². The second-order valence-corrected chi connectivity index (χ2v) is 6.97. The molecule has 0 aliphatic carbocycles. The van der Waals surface area contributed by atoms with E-state index in [2.05, 4.69) is 48.9 Å². The summed E-state index contributed by atoms with van der Waals surface area (Å²) in [4.78, 5) is 19.3. The first-order chi connectivity index (χ1) is 11.9. The Balaban J connectivity index is 2.04. The second-order valence-electron chi connectivity index (χ2n) is 6.97. The van der Waals surface area contributed by atoms with Crippen LogP contribution in [0.25, 0.3) is 22.6 Å². The lowest BCUT2D eigenvalue weighted by Gasteiger charge is -2.18. The van der Waals surface area contributed by atoms with Gasteiger partial charge in [-0.15, -0.1) is 0 Å². The van der Waals surface area contributed by atoms with Gasteiger partial charge in [-0.3, -0.25) is 4.79 Å². The molecule has 1 N–H and O–H groups in total. The fourth-order valence-corrected chi connectivity index (χ4v) is 2.61. The van der Waals surface area contributed by atoms with Crippen molar-refractivity contribution in [3.8, 4) is 6.07 Å². The number of hydrogen-bond acceptors (Lipinski definition) is 3. The van der Waals surface area contributed by atoms with E-state index in [-0.39, 0.29) is 16.8 Å². The highest BCUT2D eigenvalue weighted by Gasteiger charge is 2.13. The molecule has 3 aromatic rings. The van der Waals surface area contributed by atoms with E-state index in [9.17, 15) is 10.1 Å². The monoisotopic (exact) mass is 329 g/mol. The summed E-state index contributed by atoms with van der Waals surface area (Å²) < 4.78 is 0. The molecule has 25 heavy (non-hydrogen) atoms. The zero-order valence-corrected chi connectivity index (χ0v) is 14.5. The lowest BCUT2D eigenvalue weighted by Crippen LogP contribution is -2.11. The predicted molar refractivity (Wildman–Crippen MR) is 101 cm³/mol. The SMILES string of the molecule is CC(C)(C)c1ccc(C=C(C#N)c2nc3ccccc3c(=O)[nH]2)cc1. The van der Waals surface area contributed by atoms with E-state index in [0.29, 0.717) is 16.5 Å². The van der Waals surface area contributed by atoms with Crippen molar-refractivity contribution in [1.29, 1.82) is 5.26 Å². The Kier molecular flexibility index (Phi) is 4.24. The number of fused-ring (bicyclic) bond motifs is 1. The molecule has 0 aliphatic heterocycles. The summed E-state index contributed by atoms with van der Waals surface area (Å²) in [6.07, 6.45) is 1.74. The van der Waals surface area contributed by atoms with Gasteiger partial charge in [0.05, 0.1) is 16.5 Å². The number of aromatic amines is 1. The molecule has 4 nitrogen and oxygen atoms in total. The van der Waals surface area contributed by atoms with Crippen molar-refractivity contribution in [2.24, 2.45) is 0 Å². The molecular weight excluding hydrogens is 310 g/mol. The van der Waals surface area contributed by atoms with Gasteiger partial charge in [0.1, 0.15) is 6.07 Å². The predicted octanol–water partition coefficient (Wildman–Crippen LogP) is 4.28. The molecule has 0 unspecified atom stereocenters. The number of para-hydroxylation sites is 1. The van der Waals surface area contributed by atoms with Crippen LogP contribution in [0.5, 0.6) is 0 Å². The summed E-state index contributed by atoms with van der Waals surface area (Å²) in [6, 6.07) is 17.3. The average Bonchev–Trinajstić information content (AvgIpc) is 2.59. The van der Waals surface area contributed by atoms with Crippen molar-refractivity contribution >= 4 is 22.6 Å². The van der Waals surface area contributed by atoms with Gasteiger partial charge in [0.15, 0.2) is 5.82 Å². The highest BCUT2D eigenvalue weighted by molar-refractivity contribution is 5.89. The van der Waals surface area contributed by atoms with Crippen LogP contribution in [0, 0.1) is 11.3 Å². The highest BCUT2D eigenvalue weighted by atomic mass is 16.1. The lowest BCUT2D eigenvalue weighted by atomic mass is 9.86. The first-order valence-electron chi connectivity index (χ1n) is 8.10. The minimum atomic E-state index is -0.246. The van der Waals surface area contributed by atoms with Crippen molar-refractivity contribution in [2.75, 3.05) is 0 Å². The van der Waals surface area contributed by atoms with Crippen molar-refractivity contribution in [3.05, 3.63) is 75.8 Å². The minimum Gasteiger partial charge on any atom is -0.305 e. The normalized spacial score (nSPS) is 12.2. The number of rotatable bonds is 2. The third kappa shape index (κ3) is 3.51.